The standard InChI is InChI=1S/C13H16BrNO6/c14-7-1-2-8(17)6(3-7)4-15-10-12(19)11(18)9(5-16)21-13(10)20/h1-4,9-13,16-20H,5H2/t9-,10-,11-,12-,13?/m1/s1. The molecule has 1 fully saturated rings. The molecule has 21 heavy (non-hydrogen) atoms. The van der Waals surface area contributed by atoms with E-state index in [9.17, 15) is 20.4 Å². The number of ether oxygens (including phenoxy) is 1. The van der Waals surface area contributed by atoms with E-state index in [4.69, 9.17) is 9.84 Å². The molecule has 8 heteroatoms. The molecule has 1 aromatic carbocycles. The van der Waals surface area contributed by atoms with Crippen molar-refractivity contribution in [3.05, 3.63) is 28.2 Å². The van der Waals surface area contributed by atoms with Gasteiger partial charge in [0.05, 0.1) is 6.61 Å². The van der Waals surface area contributed by atoms with Gasteiger partial charge in [0.1, 0.15) is 30.1 Å². The Labute approximate surface area is 129 Å². The lowest BCUT2D eigenvalue weighted by molar-refractivity contribution is -0.248. The fourth-order valence-electron chi connectivity index (χ4n) is 2.04. The minimum atomic E-state index is -1.47. The molecule has 1 saturated heterocycles. The van der Waals surface area contributed by atoms with Gasteiger partial charge in [-0.1, -0.05) is 15.9 Å². The van der Waals surface area contributed by atoms with Crippen molar-refractivity contribution in [1.29, 1.82) is 0 Å². The Hall–Kier alpha value is -1.03. The normalized spacial score (nSPS) is 33.5. The lowest BCUT2D eigenvalue weighted by atomic mass is 9.97. The zero-order valence-corrected chi connectivity index (χ0v) is 12.5. The Morgan fingerprint density at radius 2 is 1.95 bits per heavy atom. The summed E-state index contributed by atoms with van der Waals surface area (Å²) in [6.45, 7) is -0.530. The van der Waals surface area contributed by atoms with E-state index >= 15 is 0 Å². The van der Waals surface area contributed by atoms with Crippen molar-refractivity contribution < 1.29 is 30.3 Å². The molecule has 5 N–H and O–H groups in total. The summed E-state index contributed by atoms with van der Waals surface area (Å²) in [7, 11) is 0. The van der Waals surface area contributed by atoms with Gasteiger partial charge in [0, 0.05) is 16.3 Å². The number of aliphatic hydroxyl groups excluding tert-OH is 4. The number of phenolic OH excluding ortho intramolecular Hbond substituents is 1. The van der Waals surface area contributed by atoms with Gasteiger partial charge in [0.2, 0.25) is 0 Å². The predicted molar refractivity (Wildman–Crippen MR) is 77.2 cm³/mol. The van der Waals surface area contributed by atoms with E-state index in [0.717, 1.165) is 4.47 Å². The Morgan fingerprint density at radius 3 is 2.62 bits per heavy atom. The molecule has 116 valence electrons. The first kappa shape index (κ1) is 16.3. The molecule has 0 aliphatic carbocycles. The molecule has 1 aromatic rings. The van der Waals surface area contributed by atoms with Crippen LogP contribution in [0.3, 0.4) is 0 Å². The fraction of sp³-hybridized carbons (Fsp3) is 0.462. The van der Waals surface area contributed by atoms with Crippen LogP contribution in [0.4, 0.5) is 0 Å². The van der Waals surface area contributed by atoms with Gasteiger partial charge in [-0.05, 0) is 18.2 Å². The van der Waals surface area contributed by atoms with Crippen LogP contribution >= 0.6 is 15.9 Å². The van der Waals surface area contributed by atoms with Gasteiger partial charge < -0.3 is 30.3 Å². The zero-order chi connectivity index (χ0) is 15.6. The molecule has 5 atom stereocenters. The largest absolute Gasteiger partial charge is 0.507 e. The Kier molecular flexibility index (Phi) is 5.31. The van der Waals surface area contributed by atoms with Gasteiger partial charge in [0.15, 0.2) is 6.29 Å². The van der Waals surface area contributed by atoms with Crippen LogP contribution in [0.1, 0.15) is 5.56 Å². The van der Waals surface area contributed by atoms with Gasteiger partial charge >= 0.3 is 0 Å². The van der Waals surface area contributed by atoms with Crippen LogP contribution in [0.15, 0.2) is 27.7 Å². The summed E-state index contributed by atoms with van der Waals surface area (Å²) in [5, 5.41) is 48.1. The van der Waals surface area contributed by atoms with Crippen molar-refractivity contribution in [1.82, 2.24) is 0 Å². The molecule has 1 unspecified atom stereocenters. The van der Waals surface area contributed by atoms with Crippen molar-refractivity contribution in [2.24, 2.45) is 4.99 Å². The van der Waals surface area contributed by atoms with E-state index in [2.05, 4.69) is 20.9 Å². The first-order chi connectivity index (χ1) is 9.93. The number of rotatable bonds is 3. The third-order valence-electron chi connectivity index (χ3n) is 3.24. The summed E-state index contributed by atoms with van der Waals surface area (Å²) < 4.78 is 5.71. The fourth-order valence-corrected chi connectivity index (χ4v) is 2.42. The van der Waals surface area contributed by atoms with Gasteiger partial charge in [-0.25, -0.2) is 0 Å². The van der Waals surface area contributed by atoms with E-state index in [-0.39, 0.29) is 5.75 Å². The summed E-state index contributed by atoms with van der Waals surface area (Å²) in [6.07, 6.45) is -4.02. The molecule has 0 spiro atoms. The predicted octanol–water partition coefficient (Wildman–Crippen LogP) is -0.627. The van der Waals surface area contributed by atoms with E-state index in [1.807, 2.05) is 0 Å². The van der Waals surface area contributed by atoms with E-state index in [0.29, 0.717) is 5.56 Å². The lowest BCUT2D eigenvalue weighted by Crippen LogP contribution is -2.57. The van der Waals surface area contributed by atoms with Gasteiger partial charge in [0.25, 0.3) is 0 Å². The van der Waals surface area contributed by atoms with Gasteiger partial charge in [-0.2, -0.15) is 0 Å². The van der Waals surface area contributed by atoms with Crippen LogP contribution in [0, 0.1) is 0 Å². The molecule has 1 heterocycles. The molecule has 1 aliphatic rings. The van der Waals surface area contributed by atoms with Crippen LogP contribution in [0.2, 0.25) is 0 Å². The minimum absolute atomic E-state index is 0.0172. The van der Waals surface area contributed by atoms with Crippen molar-refractivity contribution in [2.45, 2.75) is 30.6 Å². The summed E-state index contributed by atoms with van der Waals surface area (Å²) in [6, 6.07) is 3.59. The van der Waals surface area contributed by atoms with Crippen molar-refractivity contribution in [2.75, 3.05) is 6.61 Å². The molecule has 2 rings (SSSR count). The number of halogens is 1. The highest BCUT2D eigenvalue weighted by molar-refractivity contribution is 9.10. The summed E-state index contributed by atoms with van der Waals surface area (Å²) in [4.78, 5) is 3.96. The molecule has 0 radical (unpaired) electrons. The van der Waals surface area contributed by atoms with E-state index in [1.54, 1.807) is 12.1 Å². The molecular weight excluding hydrogens is 346 g/mol. The second kappa shape index (κ2) is 6.82. The molecular formula is C13H16BrNO6. The van der Waals surface area contributed by atoms with Crippen LogP contribution in [-0.2, 0) is 4.74 Å². The van der Waals surface area contributed by atoms with Crippen LogP contribution in [-0.4, -0.2) is 69.0 Å². The first-order valence-electron chi connectivity index (χ1n) is 6.26. The van der Waals surface area contributed by atoms with Crippen LogP contribution in [0.25, 0.3) is 0 Å². The number of benzene rings is 1. The Bertz CT molecular complexity index is 525. The van der Waals surface area contributed by atoms with Crippen molar-refractivity contribution in [3.8, 4) is 5.75 Å². The second-order valence-electron chi connectivity index (χ2n) is 4.70. The molecule has 7 nitrogen and oxygen atoms in total. The summed E-state index contributed by atoms with van der Waals surface area (Å²) in [5.41, 5.74) is 0.377. The van der Waals surface area contributed by atoms with Crippen molar-refractivity contribution in [3.63, 3.8) is 0 Å². The van der Waals surface area contributed by atoms with Gasteiger partial charge in [-0.3, -0.25) is 4.99 Å². The molecule has 0 bridgehead atoms. The maximum absolute atomic E-state index is 9.92. The molecule has 0 saturated carbocycles. The third kappa shape index (κ3) is 3.60. The number of aliphatic imine (C=N–C) groups is 1. The maximum atomic E-state index is 9.92. The van der Waals surface area contributed by atoms with Crippen LogP contribution in [0.5, 0.6) is 5.75 Å². The smallest absolute Gasteiger partial charge is 0.180 e. The summed E-state index contributed by atoms with van der Waals surface area (Å²) >= 11 is 3.25. The number of hydrogen-bond acceptors (Lipinski definition) is 7. The van der Waals surface area contributed by atoms with Crippen molar-refractivity contribution >= 4 is 22.1 Å². The average Bonchev–Trinajstić information content (AvgIpc) is 2.46. The highest BCUT2D eigenvalue weighted by Gasteiger charge is 2.43. The van der Waals surface area contributed by atoms with Crippen LogP contribution < -0.4 is 0 Å². The zero-order valence-electron chi connectivity index (χ0n) is 10.9. The highest BCUT2D eigenvalue weighted by atomic mass is 79.9. The topological polar surface area (TPSA) is 123 Å². The van der Waals surface area contributed by atoms with E-state index < -0.39 is 37.3 Å². The Balaban J connectivity index is 2.18. The highest BCUT2D eigenvalue weighted by Crippen LogP contribution is 2.24. The lowest BCUT2D eigenvalue weighted by Gasteiger charge is -2.38. The number of aliphatic hydroxyl groups is 4. The number of nitrogens with zero attached hydrogens (tertiary/aromatic N) is 1. The maximum Gasteiger partial charge on any atom is 0.180 e. The number of aromatic hydroxyl groups is 1. The number of hydrogen-bond donors (Lipinski definition) is 5. The minimum Gasteiger partial charge on any atom is -0.507 e. The monoisotopic (exact) mass is 361 g/mol. The average molecular weight is 362 g/mol. The molecule has 0 aromatic heterocycles. The Morgan fingerprint density at radius 1 is 1.24 bits per heavy atom. The third-order valence-corrected chi connectivity index (χ3v) is 3.74. The molecule has 1 aliphatic heterocycles. The van der Waals surface area contributed by atoms with Gasteiger partial charge in [-0.15, -0.1) is 0 Å². The second-order valence-corrected chi connectivity index (χ2v) is 5.62. The summed E-state index contributed by atoms with van der Waals surface area (Å²) in [5.74, 6) is -0.0172. The SMILES string of the molecule is OC[C@H]1OC(O)[C@H](N=Cc2cc(Br)ccc2O)[C@@H](O)[C@@H]1O. The number of phenols is 1. The van der Waals surface area contributed by atoms with E-state index in [1.165, 1.54) is 12.3 Å². The quantitative estimate of drug-likeness (QED) is 0.457. The molecule has 0 amide bonds. The first-order valence-corrected chi connectivity index (χ1v) is 7.05.